The Hall–Kier alpha value is -2.41. The molecular formula is C20H28N6O. The predicted octanol–water partition coefficient (Wildman–Crippen LogP) is 2.15. The van der Waals surface area contributed by atoms with Crippen LogP contribution in [0.2, 0.25) is 0 Å². The molecule has 3 heterocycles. The Morgan fingerprint density at radius 1 is 1.15 bits per heavy atom. The summed E-state index contributed by atoms with van der Waals surface area (Å²) in [5.41, 5.74) is 1.36. The molecule has 144 valence electrons. The Kier molecular flexibility index (Phi) is 5.67. The highest BCUT2D eigenvalue weighted by atomic mass is 16.2. The highest BCUT2D eigenvalue weighted by Gasteiger charge is 2.27. The number of amides is 2. The van der Waals surface area contributed by atoms with E-state index in [1.54, 1.807) is 12.7 Å². The maximum absolute atomic E-state index is 12.6. The van der Waals surface area contributed by atoms with E-state index in [0.717, 1.165) is 52.0 Å². The first-order valence-electron chi connectivity index (χ1n) is 9.91. The number of likely N-dealkylation sites (tertiary alicyclic amines) is 2. The molecule has 2 atom stereocenters. The van der Waals surface area contributed by atoms with Crippen LogP contribution in [-0.4, -0.2) is 63.3 Å². The van der Waals surface area contributed by atoms with Gasteiger partial charge in [-0.25, -0.2) is 14.5 Å². The van der Waals surface area contributed by atoms with Gasteiger partial charge in [-0.05, 0) is 37.3 Å². The Morgan fingerprint density at radius 2 is 2.04 bits per heavy atom. The Balaban J connectivity index is 1.21. The number of nitrogens with zero attached hydrogens (tertiary/aromatic N) is 5. The van der Waals surface area contributed by atoms with Gasteiger partial charge in [0.2, 0.25) is 0 Å². The lowest BCUT2D eigenvalue weighted by Gasteiger charge is -2.32. The number of nitrogens with one attached hydrogen (secondary N) is 1. The van der Waals surface area contributed by atoms with Gasteiger partial charge in [-0.2, -0.15) is 5.10 Å². The molecule has 0 bridgehead atoms. The van der Waals surface area contributed by atoms with Crippen molar-refractivity contribution in [2.75, 3.05) is 32.7 Å². The third-order valence-electron chi connectivity index (χ3n) is 5.66. The molecular weight excluding hydrogens is 340 g/mol. The minimum absolute atomic E-state index is 0.0568. The van der Waals surface area contributed by atoms with E-state index in [2.05, 4.69) is 50.6 Å². The topological polar surface area (TPSA) is 66.3 Å². The van der Waals surface area contributed by atoms with Gasteiger partial charge in [-0.15, -0.1) is 0 Å². The molecule has 1 N–H and O–H groups in total. The molecule has 2 fully saturated rings. The fraction of sp³-hybridized carbons (Fsp3) is 0.550. The highest BCUT2D eigenvalue weighted by Crippen LogP contribution is 2.21. The molecule has 7 nitrogen and oxygen atoms in total. The highest BCUT2D eigenvalue weighted by molar-refractivity contribution is 5.74. The number of hydrogen-bond donors (Lipinski definition) is 1. The van der Waals surface area contributed by atoms with Gasteiger partial charge in [0.15, 0.2) is 0 Å². The lowest BCUT2D eigenvalue weighted by atomic mass is 10.1. The van der Waals surface area contributed by atoms with Crippen molar-refractivity contribution in [1.82, 2.24) is 29.9 Å². The number of benzene rings is 1. The average Bonchev–Trinajstić information content (AvgIpc) is 3.39. The van der Waals surface area contributed by atoms with Crippen LogP contribution >= 0.6 is 0 Å². The molecule has 1 aromatic carbocycles. The van der Waals surface area contributed by atoms with Crippen molar-refractivity contribution >= 4 is 6.03 Å². The summed E-state index contributed by atoms with van der Waals surface area (Å²) in [6.07, 6.45) is 6.50. The minimum atomic E-state index is 0.0568. The molecule has 2 aromatic rings. The van der Waals surface area contributed by atoms with Crippen molar-refractivity contribution in [3.05, 3.63) is 48.5 Å². The number of aromatic nitrogens is 3. The van der Waals surface area contributed by atoms with E-state index in [0.29, 0.717) is 12.5 Å². The fourth-order valence-corrected chi connectivity index (χ4v) is 4.17. The zero-order valence-corrected chi connectivity index (χ0v) is 15.7. The van der Waals surface area contributed by atoms with Crippen molar-refractivity contribution in [1.29, 1.82) is 0 Å². The number of urea groups is 1. The summed E-state index contributed by atoms with van der Waals surface area (Å²) in [7, 11) is 0. The molecule has 2 amide bonds. The molecule has 0 spiro atoms. The van der Waals surface area contributed by atoms with Crippen LogP contribution in [0.3, 0.4) is 0 Å². The summed E-state index contributed by atoms with van der Waals surface area (Å²) in [6, 6.07) is 10.9. The Bertz CT molecular complexity index is 719. The lowest BCUT2D eigenvalue weighted by Crippen LogP contribution is -2.47. The van der Waals surface area contributed by atoms with Crippen LogP contribution < -0.4 is 5.32 Å². The van der Waals surface area contributed by atoms with Crippen LogP contribution in [0.4, 0.5) is 4.79 Å². The van der Waals surface area contributed by atoms with Gasteiger partial charge < -0.3 is 10.2 Å². The predicted molar refractivity (Wildman–Crippen MR) is 103 cm³/mol. The Labute approximate surface area is 160 Å². The number of piperidine rings is 1. The van der Waals surface area contributed by atoms with Crippen molar-refractivity contribution in [2.24, 2.45) is 5.92 Å². The number of hydrogen-bond acceptors (Lipinski definition) is 4. The van der Waals surface area contributed by atoms with Gasteiger partial charge >= 0.3 is 6.03 Å². The van der Waals surface area contributed by atoms with E-state index >= 15 is 0 Å². The molecule has 0 saturated carbocycles. The molecule has 2 aliphatic rings. The number of carbonyl (C=O) groups is 1. The second kappa shape index (κ2) is 8.52. The van der Waals surface area contributed by atoms with Crippen LogP contribution in [0.5, 0.6) is 0 Å². The van der Waals surface area contributed by atoms with E-state index in [1.807, 2.05) is 9.58 Å². The number of carbonyl (C=O) groups excluding carboxylic acids is 1. The smallest absolute Gasteiger partial charge is 0.317 e. The van der Waals surface area contributed by atoms with Gasteiger partial charge in [0, 0.05) is 32.7 Å². The first-order valence-corrected chi connectivity index (χ1v) is 9.91. The summed E-state index contributed by atoms with van der Waals surface area (Å²) < 4.78 is 1.87. The maximum atomic E-state index is 12.6. The molecule has 0 aliphatic carbocycles. The zero-order valence-electron chi connectivity index (χ0n) is 15.7. The first-order chi connectivity index (χ1) is 13.3. The van der Waals surface area contributed by atoms with Crippen LogP contribution in [0.15, 0.2) is 43.0 Å². The van der Waals surface area contributed by atoms with Crippen LogP contribution in [0, 0.1) is 5.92 Å². The molecule has 4 rings (SSSR count). The second-order valence-corrected chi connectivity index (χ2v) is 7.68. The van der Waals surface area contributed by atoms with Gasteiger partial charge in [-0.3, -0.25) is 4.90 Å². The summed E-state index contributed by atoms with van der Waals surface area (Å²) in [5, 5.41) is 7.39. The quantitative estimate of drug-likeness (QED) is 0.878. The third-order valence-corrected chi connectivity index (χ3v) is 5.66. The second-order valence-electron chi connectivity index (χ2n) is 7.68. The van der Waals surface area contributed by atoms with Crippen molar-refractivity contribution < 1.29 is 4.79 Å². The molecule has 27 heavy (non-hydrogen) atoms. The first kappa shape index (κ1) is 18.0. The van der Waals surface area contributed by atoms with Gasteiger partial charge in [0.25, 0.3) is 0 Å². The van der Waals surface area contributed by atoms with Crippen LogP contribution in [0.25, 0.3) is 0 Å². The molecule has 0 radical (unpaired) electrons. The summed E-state index contributed by atoms with van der Waals surface area (Å²) in [4.78, 5) is 21.0. The SMILES string of the molecule is O=C(NCC1CCN(Cc2ccccc2)C1)N1CCCC(n2cncn2)C1. The largest absolute Gasteiger partial charge is 0.338 e. The summed E-state index contributed by atoms with van der Waals surface area (Å²) >= 11 is 0. The molecule has 2 saturated heterocycles. The monoisotopic (exact) mass is 368 g/mol. The van der Waals surface area contributed by atoms with E-state index in [1.165, 1.54) is 5.56 Å². The summed E-state index contributed by atoms with van der Waals surface area (Å²) in [5.74, 6) is 0.536. The molecule has 1 aromatic heterocycles. The Morgan fingerprint density at radius 3 is 2.85 bits per heavy atom. The van der Waals surface area contributed by atoms with Crippen molar-refractivity contribution in [2.45, 2.75) is 31.8 Å². The van der Waals surface area contributed by atoms with Crippen molar-refractivity contribution in [3.8, 4) is 0 Å². The van der Waals surface area contributed by atoms with Gasteiger partial charge in [0.1, 0.15) is 12.7 Å². The number of rotatable bonds is 5. The van der Waals surface area contributed by atoms with Gasteiger partial charge in [0.05, 0.1) is 6.04 Å². The average molecular weight is 368 g/mol. The van der Waals surface area contributed by atoms with E-state index < -0.39 is 0 Å². The summed E-state index contributed by atoms with van der Waals surface area (Å²) in [6.45, 7) is 5.44. The van der Waals surface area contributed by atoms with Crippen LogP contribution in [-0.2, 0) is 6.54 Å². The lowest BCUT2D eigenvalue weighted by molar-refractivity contribution is 0.161. The van der Waals surface area contributed by atoms with Gasteiger partial charge in [-0.1, -0.05) is 30.3 Å². The van der Waals surface area contributed by atoms with Crippen molar-refractivity contribution in [3.63, 3.8) is 0 Å². The fourth-order valence-electron chi connectivity index (χ4n) is 4.17. The van der Waals surface area contributed by atoms with E-state index in [9.17, 15) is 4.79 Å². The van der Waals surface area contributed by atoms with E-state index in [4.69, 9.17) is 0 Å². The molecule has 2 unspecified atom stereocenters. The standard InChI is InChI=1S/C20H28N6O/c27-20(25-9-4-7-19(14-25)26-16-21-15-23-26)22-11-18-8-10-24(13-18)12-17-5-2-1-3-6-17/h1-3,5-6,15-16,18-19H,4,7-14H2,(H,22,27). The molecule has 7 heteroatoms. The third kappa shape index (κ3) is 4.66. The zero-order chi connectivity index (χ0) is 18.5. The normalized spacial score (nSPS) is 23.5. The van der Waals surface area contributed by atoms with Crippen LogP contribution in [0.1, 0.15) is 30.9 Å². The molecule has 2 aliphatic heterocycles. The maximum Gasteiger partial charge on any atom is 0.317 e. The minimum Gasteiger partial charge on any atom is -0.338 e. The van der Waals surface area contributed by atoms with E-state index in [-0.39, 0.29) is 12.1 Å².